The van der Waals surface area contributed by atoms with Crippen molar-refractivity contribution in [3.05, 3.63) is 23.9 Å². The van der Waals surface area contributed by atoms with E-state index in [4.69, 9.17) is 9.72 Å². The van der Waals surface area contributed by atoms with Gasteiger partial charge in [-0.05, 0) is 65.6 Å². The Balaban J connectivity index is 1.57. The van der Waals surface area contributed by atoms with Crippen molar-refractivity contribution in [3.8, 4) is 0 Å². The number of likely N-dealkylation sites (tertiary alicyclic amines) is 1. The molecule has 1 aromatic heterocycles. The molecule has 2 saturated heterocycles. The van der Waals surface area contributed by atoms with Crippen molar-refractivity contribution < 1.29 is 9.53 Å². The molecular formula is C21H34N4O2. The summed E-state index contributed by atoms with van der Waals surface area (Å²) in [4.78, 5) is 23.5. The first-order valence-corrected chi connectivity index (χ1v) is 10.2. The van der Waals surface area contributed by atoms with Crippen molar-refractivity contribution in [1.29, 1.82) is 0 Å². The van der Waals surface area contributed by atoms with Gasteiger partial charge in [0.15, 0.2) is 0 Å². The fourth-order valence-electron chi connectivity index (χ4n) is 3.99. The van der Waals surface area contributed by atoms with Crippen LogP contribution in [-0.2, 0) is 4.74 Å². The summed E-state index contributed by atoms with van der Waals surface area (Å²) in [5, 5.41) is 0. The van der Waals surface area contributed by atoms with Gasteiger partial charge in [-0.15, -0.1) is 0 Å². The molecular weight excluding hydrogens is 340 g/mol. The maximum absolute atomic E-state index is 12.2. The third kappa shape index (κ3) is 4.92. The van der Waals surface area contributed by atoms with Crippen LogP contribution in [0.3, 0.4) is 0 Å². The zero-order valence-electron chi connectivity index (χ0n) is 17.4. The van der Waals surface area contributed by atoms with Crippen LogP contribution >= 0.6 is 0 Å². The molecule has 27 heavy (non-hydrogen) atoms. The van der Waals surface area contributed by atoms with Crippen LogP contribution in [0.5, 0.6) is 0 Å². The highest BCUT2D eigenvalue weighted by atomic mass is 16.6. The predicted molar refractivity (Wildman–Crippen MR) is 108 cm³/mol. The summed E-state index contributed by atoms with van der Waals surface area (Å²) in [6.45, 7) is 14.3. The standard InChI is InChI=1S/C21H34N4O2/c1-16(2)25-10-6-7-18(25)17-8-9-19(22-15-17)23-11-13-24(14-12-23)20(26)27-21(3,4)5/h8-9,15-16,18H,6-7,10-14H2,1-5H3. The Bertz CT molecular complexity index is 631. The van der Waals surface area contributed by atoms with E-state index in [1.807, 2.05) is 27.0 Å². The van der Waals surface area contributed by atoms with E-state index in [0.717, 1.165) is 18.9 Å². The summed E-state index contributed by atoms with van der Waals surface area (Å²) in [6, 6.07) is 5.43. The van der Waals surface area contributed by atoms with Gasteiger partial charge in [-0.2, -0.15) is 0 Å². The van der Waals surface area contributed by atoms with Crippen molar-refractivity contribution in [2.75, 3.05) is 37.6 Å². The minimum absolute atomic E-state index is 0.222. The smallest absolute Gasteiger partial charge is 0.410 e. The quantitative estimate of drug-likeness (QED) is 0.808. The van der Waals surface area contributed by atoms with Crippen molar-refractivity contribution in [1.82, 2.24) is 14.8 Å². The first kappa shape index (κ1) is 19.9. The molecule has 0 N–H and O–H groups in total. The Hall–Kier alpha value is -1.82. The third-order valence-corrected chi connectivity index (χ3v) is 5.37. The van der Waals surface area contributed by atoms with E-state index < -0.39 is 5.60 Å². The summed E-state index contributed by atoms with van der Waals surface area (Å²) in [6.07, 6.45) is 4.30. The highest BCUT2D eigenvalue weighted by Crippen LogP contribution is 2.33. The Morgan fingerprint density at radius 3 is 2.41 bits per heavy atom. The van der Waals surface area contributed by atoms with Gasteiger partial charge in [-0.25, -0.2) is 9.78 Å². The molecule has 6 nitrogen and oxygen atoms in total. The van der Waals surface area contributed by atoms with Crippen molar-refractivity contribution in [3.63, 3.8) is 0 Å². The van der Waals surface area contributed by atoms with Crippen LogP contribution in [-0.4, -0.2) is 65.2 Å². The second kappa shape index (κ2) is 8.05. The average molecular weight is 375 g/mol. The van der Waals surface area contributed by atoms with Crippen LogP contribution in [0.2, 0.25) is 0 Å². The molecule has 2 aliphatic heterocycles. The number of ether oxygens (including phenoxy) is 1. The minimum Gasteiger partial charge on any atom is -0.444 e. The van der Waals surface area contributed by atoms with Crippen LogP contribution < -0.4 is 4.90 Å². The molecule has 150 valence electrons. The zero-order chi connectivity index (χ0) is 19.6. The molecule has 2 fully saturated rings. The van der Waals surface area contributed by atoms with Gasteiger partial charge in [0.2, 0.25) is 0 Å². The Labute approximate surface area is 163 Å². The molecule has 1 unspecified atom stereocenters. The van der Waals surface area contributed by atoms with Gasteiger partial charge in [0.25, 0.3) is 0 Å². The fraction of sp³-hybridized carbons (Fsp3) is 0.714. The Morgan fingerprint density at radius 2 is 1.85 bits per heavy atom. The minimum atomic E-state index is -0.449. The van der Waals surface area contributed by atoms with Crippen molar-refractivity contribution in [2.24, 2.45) is 0 Å². The number of carbonyl (C=O) groups excluding carboxylic acids is 1. The van der Waals surface area contributed by atoms with Gasteiger partial charge in [-0.3, -0.25) is 4.90 Å². The van der Waals surface area contributed by atoms with Crippen molar-refractivity contribution >= 4 is 11.9 Å². The monoisotopic (exact) mass is 374 g/mol. The normalized spacial score (nSPS) is 21.8. The molecule has 3 rings (SSSR count). The summed E-state index contributed by atoms with van der Waals surface area (Å²) in [7, 11) is 0. The number of hydrogen-bond donors (Lipinski definition) is 0. The Kier molecular flexibility index (Phi) is 5.94. The van der Waals surface area contributed by atoms with E-state index >= 15 is 0 Å². The van der Waals surface area contributed by atoms with Crippen LogP contribution in [0.15, 0.2) is 18.3 Å². The van der Waals surface area contributed by atoms with E-state index in [1.54, 1.807) is 4.90 Å². The highest BCUT2D eigenvalue weighted by Gasteiger charge is 2.29. The fourth-order valence-corrected chi connectivity index (χ4v) is 3.99. The van der Waals surface area contributed by atoms with E-state index in [0.29, 0.717) is 25.2 Å². The number of pyridine rings is 1. The van der Waals surface area contributed by atoms with Crippen LogP contribution in [0.1, 0.15) is 59.1 Å². The second-order valence-electron chi connectivity index (χ2n) is 8.89. The lowest BCUT2D eigenvalue weighted by atomic mass is 10.1. The van der Waals surface area contributed by atoms with Gasteiger partial charge in [0.05, 0.1) is 0 Å². The summed E-state index contributed by atoms with van der Waals surface area (Å²) < 4.78 is 5.47. The molecule has 0 saturated carbocycles. The largest absolute Gasteiger partial charge is 0.444 e. The molecule has 1 amide bonds. The molecule has 2 aliphatic rings. The molecule has 1 atom stereocenters. The Morgan fingerprint density at radius 1 is 1.15 bits per heavy atom. The first-order valence-electron chi connectivity index (χ1n) is 10.2. The zero-order valence-corrected chi connectivity index (χ0v) is 17.4. The summed E-state index contributed by atoms with van der Waals surface area (Å²) in [5.41, 5.74) is 0.868. The predicted octanol–water partition coefficient (Wildman–Crippen LogP) is 3.68. The summed E-state index contributed by atoms with van der Waals surface area (Å²) in [5.74, 6) is 0.997. The molecule has 3 heterocycles. The second-order valence-corrected chi connectivity index (χ2v) is 8.89. The third-order valence-electron chi connectivity index (χ3n) is 5.37. The molecule has 0 radical (unpaired) electrons. The number of carbonyl (C=O) groups is 1. The van der Waals surface area contributed by atoms with Crippen LogP contribution in [0.25, 0.3) is 0 Å². The van der Waals surface area contributed by atoms with Crippen molar-refractivity contribution in [2.45, 2.75) is 65.1 Å². The lowest BCUT2D eigenvalue weighted by Gasteiger charge is -2.36. The average Bonchev–Trinajstić information content (AvgIpc) is 3.11. The molecule has 0 aromatic carbocycles. The SMILES string of the molecule is CC(C)N1CCCC1c1ccc(N2CCN(C(=O)OC(C)(C)C)CC2)nc1. The highest BCUT2D eigenvalue weighted by molar-refractivity contribution is 5.68. The number of anilines is 1. The van der Waals surface area contributed by atoms with Gasteiger partial charge < -0.3 is 14.5 Å². The molecule has 1 aromatic rings. The number of hydrogen-bond acceptors (Lipinski definition) is 5. The maximum atomic E-state index is 12.2. The van der Waals surface area contributed by atoms with E-state index in [-0.39, 0.29) is 6.09 Å². The topological polar surface area (TPSA) is 48.9 Å². The number of nitrogens with zero attached hydrogens (tertiary/aromatic N) is 4. The molecule has 0 bridgehead atoms. The lowest BCUT2D eigenvalue weighted by molar-refractivity contribution is 0.0240. The van der Waals surface area contributed by atoms with E-state index in [9.17, 15) is 4.79 Å². The molecule has 0 aliphatic carbocycles. The van der Waals surface area contributed by atoms with Gasteiger partial charge in [0.1, 0.15) is 11.4 Å². The number of aromatic nitrogens is 1. The van der Waals surface area contributed by atoms with Gasteiger partial charge >= 0.3 is 6.09 Å². The van der Waals surface area contributed by atoms with Gasteiger partial charge in [-0.1, -0.05) is 6.07 Å². The first-order chi connectivity index (χ1) is 12.7. The number of rotatable bonds is 3. The summed E-state index contributed by atoms with van der Waals surface area (Å²) >= 11 is 0. The van der Waals surface area contributed by atoms with Crippen LogP contribution in [0, 0.1) is 0 Å². The molecule has 0 spiro atoms. The molecule has 6 heteroatoms. The van der Waals surface area contributed by atoms with Crippen LogP contribution in [0.4, 0.5) is 10.6 Å². The number of piperazine rings is 1. The van der Waals surface area contributed by atoms with Gasteiger partial charge in [0, 0.05) is 44.5 Å². The van der Waals surface area contributed by atoms with E-state index in [2.05, 4.69) is 35.8 Å². The number of amides is 1. The lowest BCUT2D eigenvalue weighted by Crippen LogP contribution is -2.50. The maximum Gasteiger partial charge on any atom is 0.410 e. The van der Waals surface area contributed by atoms with E-state index in [1.165, 1.54) is 24.9 Å².